The Morgan fingerprint density at radius 1 is 1.20 bits per heavy atom. The summed E-state index contributed by atoms with van der Waals surface area (Å²) in [5.41, 5.74) is -0.0572. The van der Waals surface area contributed by atoms with Crippen LogP contribution in [0.2, 0.25) is 0 Å². The zero-order valence-electron chi connectivity index (χ0n) is 10.4. The first-order valence-corrected chi connectivity index (χ1v) is 5.66. The van der Waals surface area contributed by atoms with Crippen molar-refractivity contribution in [1.29, 1.82) is 0 Å². The van der Waals surface area contributed by atoms with Crippen molar-refractivity contribution >= 4 is 5.97 Å². The summed E-state index contributed by atoms with van der Waals surface area (Å²) in [4.78, 5) is 15.1. The topological polar surface area (TPSA) is 50.2 Å². The maximum absolute atomic E-state index is 12.7. The molecule has 0 radical (unpaired) electrons. The molecule has 1 N–H and O–H groups in total. The summed E-state index contributed by atoms with van der Waals surface area (Å²) in [5, 5.41) is 9.07. The summed E-state index contributed by atoms with van der Waals surface area (Å²) < 4.78 is 38.2. The number of alkyl halides is 3. The van der Waals surface area contributed by atoms with E-state index >= 15 is 0 Å². The first-order valence-electron chi connectivity index (χ1n) is 5.66. The number of hydrogen-bond acceptors (Lipinski definition) is 2. The van der Waals surface area contributed by atoms with Crippen LogP contribution in [0.3, 0.4) is 0 Å². The number of hydrogen-bond donors (Lipinski definition) is 1. The number of aromatic nitrogens is 1. The van der Waals surface area contributed by atoms with Gasteiger partial charge in [0.05, 0.1) is 11.1 Å². The van der Waals surface area contributed by atoms with Crippen molar-refractivity contribution in [2.45, 2.75) is 13.1 Å². The SMILES string of the molecule is Cc1ccc(-c2cc(C(F)(F)F)ccc2C(=O)O)cn1. The molecule has 0 aliphatic carbocycles. The van der Waals surface area contributed by atoms with Gasteiger partial charge in [0.1, 0.15) is 0 Å². The predicted octanol–water partition coefficient (Wildman–Crippen LogP) is 3.77. The summed E-state index contributed by atoms with van der Waals surface area (Å²) in [6, 6.07) is 5.70. The van der Waals surface area contributed by atoms with Gasteiger partial charge in [-0.1, -0.05) is 6.07 Å². The largest absolute Gasteiger partial charge is 0.478 e. The van der Waals surface area contributed by atoms with Gasteiger partial charge in [-0.05, 0) is 36.8 Å². The zero-order chi connectivity index (χ0) is 14.9. The molecule has 1 aromatic heterocycles. The molecule has 0 aliphatic heterocycles. The lowest BCUT2D eigenvalue weighted by molar-refractivity contribution is -0.137. The molecule has 0 atom stereocenters. The highest BCUT2D eigenvalue weighted by Gasteiger charge is 2.31. The first kappa shape index (κ1) is 14.0. The highest BCUT2D eigenvalue weighted by molar-refractivity contribution is 5.96. The number of nitrogens with zero attached hydrogens (tertiary/aromatic N) is 1. The summed E-state index contributed by atoms with van der Waals surface area (Å²) in [5.74, 6) is -1.28. The molecule has 0 aliphatic rings. The summed E-state index contributed by atoms with van der Waals surface area (Å²) >= 11 is 0. The Labute approximate surface area is 112 Å². The molecule has 2 rings (SSSR count). The molecule has 20 heavy (non-hydrogen) atoms. The van der Waals surface area contributed by atoms with Gasteiger partial charge in [0.15, 0.2) is 0 Å². The van der Waals surface area contributed by atoms with Crippen molar-refractivity contribution in [3.8, 4) is 11.1 Å². The van der Waals surface area contributed by atoms with Crippen LogP contribution in [-0.2, 0) is 6.18 Å². The molecule has 104 valence electrons. The van der Waals surface area contributed by atoms with E-state index in [-0.39, 0.29) is 11.1 Å². The van der Waals surface area contributed by atoms with Crippen molar-refractivity contribution in [2.75, 3.05) is 0 Å². The van der Waals surface area contributed by atoms with Crippen LogP contribution in [0.5, 0.6) is 0 Å². The van der Waals surface area contributed by atoms with Gasteiger partial charge in [-0.15, -0.1) is 0 Å². The Hall–Kier alpha value is -2.37. The van der Waals surface area contributed by atoms with E-state index in [0.29, 0.717) is 11.3 Å². The number of benzene rings is 1. The monoisotopic (exact) mass is 281 g/mol. The number of halogens is 3. The second-order valence-corrected chi connectivity index (χ2v) is 4.25. The fourth-order valence-corrected chi connectivity index (χ4v) is 1.77. The van der Waals surface area contributed by atoms with E-state index in [1.54, 1.807) is 19.1 Å². The number of carboxylic acids is 1. The van der Waals surface area contributed by atoms with Crippen LogP contribution in [0.1, 0.15) is 21.6 Å². The fourth-order valence-electron chi connectivity index (χ4n) is 1.77. The number of carbonyl (C=O) groups is 1. The van der Waals surface area contributed by atoms with E-state index in [1.807, 2.05) is 0 Å². The van der Waals surface area contributed by atoms with Crippen molar-refractivity contribution < 1.29 is 23.1 Å². The van der Waals surface area contributed by atoms with Crippen LogP contribution in [0, 0.1) is 6.92 Å². The Morgan fingerprint density at radius 2 is 1.90 bits per heavy atom. The van der Waals surface area contributed by atoms with Gasteiger partial charge in [0, 0.05) is 17.5 Å². The van der Waals surface area contributed by atoms with E-state index in [2.05, 4.69) is 4.98 Å². The molecular weight excluding hydrogens is 271 g/mol. The lowest BCUT2D eigenvalue weighted by Crippen LogP contribution is -2.08. The molecule has 0 fully saturated rings. The standard InChI is InChI=1S/C14H10F3NO2/c1-8-2-3-9(7-18-8)12-6-10(14(15,16)17)4-5-11(12)13(19)20/h2-7H,1H3,(H,19,20). The van der Waals surface area contributed by atoms with Crippen molar-refractivity contribution in [3.05, 3.63) is 53.3 Å². The molecule has 1 aromatic carbocycles. The molecule has 3 nitrogen and oxygen atoms in total. The number of pyridine rings is 1. The molecule has 0 saturated heterocycles. The molecule has 0 spiro atoms. The van der Waals surface area contributed by atoms with Crippen LogP contribution >= 0.6 is 0 Å². The Balaban J connectivity index is 2.64. The minimum atomic E-state index is -4.52. The van der Waals surface area contributed by atoms with Crippen molar-refractivity contribution in [1.82, 2.24) is 4.98 Å². The van der Waals surface area contributed by atoms with Crippen LogP contribution in [0.15, 0.2) is 36.5 Å². The average Bonchev–Trinajstić information content (AvgIpc) is 2.37. The maximum atomic E-state index is 12.7. The molecular formula is C14H10F3NO2. The fraction of sp³-hybridized carbons (Fsp3) is 0.143. The Kier molecular flexibility index (Phi) is 3.48. The summed E-state index contributed by atoms with van der Waals surface area (Å²) in [7, 11) is 0. The third-order valence-corrected chi connectivity index (χ3v) is 2.80. The second kappa shape index (κ2) is 4.96. The Bertz CT molecular complexity index is 648. The normalized spacial score (nSPS) is 11.4. The van der Waals surface area contributed by atoms with E-state index in [1.165, 1.54) is 6.20 Å². The van der Waals surface area contributed by atoms with E-state index in [9.17, 15) is 18.0 Å². The highest BCUT2D eigenvalue weighted by Crippen LogP contribution is 2.34. The van der Waals surface area contributed by atoms with Crippen molar-refractivity contribution in [2.24, 2.45) is 0 Å². The van der Waals surface area contributed by atoms with E-state index < -0.39 is 17.7 Å². The molecule has 1 heterocycles. The quantitative estimate of drug-likeness (QED) is 0.911. The molecule has 0 amide bonds. The van der Waals surface area contributed by atoms with Gasteiger partial charge in [-0.25, -0.2) is 4.79 Å². The van der Waals surface area contributed by atoms with Crippen LogP contribution < -0.4 is 0 Å². The number of aromatic carboxylic acids is 1. The van der Waals surface area contributed by atoms with Crippen LogP contribution in [0.25, 0.3) is 11.1 Å². The molecule has 0 unspecified atom stereocenters. The van der Waals surface area contributed by atoms with E-state index in [0.717, 1.165) is 18.2 Å². The minimum Gasteiger partial charge on any atom is -0.478 e. The van der Waals surface area contributed by atoms with Gasteiger partial charge in [-0.3, -0.25) is 4.98 Å². The lowest BCUT2D eigenvalue weighted by Gasteiger charge is -2.11. The van der Waals surface area contributed by atoms with Gasteiger partial charge in [0.2, 0.25) is 0 Å². The highest BCUT2D eigenvalue weighted by atomic mass is 19.4. The smallest absolute Gasteiger partial charge is 0.416 e. The second-order valence-electron chi connectivity index (χ2n) is 4.25. The van der Waals surface area contributed by atoms with Gasteiger partial charge in [-0.2, -0.15) is 13.2 Å². The van der Waals surface area contributed by atoms with Crippen LogP contribution in [-0.4, -0.2) is 16.1 Å². The van der Waals surface area contributed by atoms with E-state index in [4.69, 9.17) is 5.11 Å². The average molecular weight is 281 g/mol. The van der Waals surface area contributed by atoms with Gasteiger partial charge in [0.25, 0.3) is 0 Å². The third kappa shape index (κ3) is 2.79. The zero-order valence-corrected chi connectivity index (χ0v) is 10.4. The van der Waals surface area contributed by atoms with Crippen LogP contribution in [0.4, 0.5) is 13.2 Å². The van der Waals surface area contributed by atoms with Gasteiger partial charge < -0.3 is 5.11 Å². The lowest BCUT2D eigenvalue weighted by atomic mass is 9.98. The first-order chi connectivity index (χ1) is 9.29. The van der Waals surface area contributed by atoms with Crippen molar-refractivity contribution in [3.63, 3.8) is 0 Å². The molecule has 0 saturated carbocycles. The number of rotatable bonds is 2. The summed E-state index contributed by atoms with van der Waals surface area (Å²) in [6.07, 6.45) is -3.17. The minimum absolute atomic E-state index is 0.000162. The predicted molar refractivity (Wildman–Crippen MR) is 66.4 cm³/mol. The Morgan fingerprint density at radius 3 is 2.40 bits per heavy atom. The number of aryl methyl sites for hydroxylation is 1. The molecule has 2 aromatic rings. The molecule has 6 heteroatoms. The third-order valence-electron chi connectivity index (χ3n) is 2.80. The number of carboxylic acid groups (broad SMARTS) is 1. The maximum Gasteiger partial charge on any atom is 0.416 e. The summed E-state index contributed by atoms with van der Waals surface area (Å²) in [6.45, 7) is 1.73. The molecule has 0 bridgehead atoms. The van der Waals surface area contributed by atoms with Gasteiger partial charge >= 0.3 is 12.1 Å².